The topological polar surface area (TPSA) is 87.2 Å². The maximum absolute atomic E-state index is 12.9. The van der Waals surface area contributed by atoms with E-state index in [4.69, 9.17) is 0 Å². The molecule has 7 heteroatoms. The number of para-hydroxylation sites is 1. The molecule has 0 atom stereocenters. The maximum Gasteiger partial charge on any atom is 0.269 e. The molecule has 0 saturated heterocycles. The van der Waals surface area contributed by atoms with Crippen LogP contribution in [-0.4, -0.2) is 22.7 Å². The van der Waals surface area contributed by atoms with Gasteiger partial charge in [-0.05, 0) is 23.8 Å². The van der Waals surface area contributed by atoms with Gasteiger partial charge in [-0.3, -0.25) is 14.9 Å². The van der Waals surface area contributed by atoms with Gasteiger partial charge in [0.05, 0.1) is 21.8 Å². The van der Waals surface area contributed by atoms with Gasteiger partial charge in [0.15, 0.2) is 0 Å². The lowest BCUT2D eigenvalue weighted by Crippen LogP contribution is -2.28. The van der Waals surface area contributed by atoms with Crippen LogP contribution in [0.3, 0.4) is 0 Å². The van der Waals surface area contributed by atoms with Crippen molar-refractivity contribution in [2.24, 2.45) is 0 Å². The highest BCUT2D eigenvalue weighted by Gasteiger charge is 2.34. The summed E-state index contributed by atoms with van der Waals surface area (Å²) in [6.07, 6.45) is 0. The molecule has 25 heavy (non-hydrogen) atoms. The van der Waals surface area contributed by atoms with Crippen LogP contribution >= 0.6 is 15.9 Å². The van der Waals surface area contributed by atoms with Gasteiger partial charge in [-0.2, -0.15) is 5.26 Å². The van der Waals surface area contributed by atoms with Crippen LogP contribution in [0.1, 0.15) is 11.1 Å². The Labute approximate surface area is 152 Å². The van der Waals surface area contributed by atoms with Crippen LogP contribution in [0.4, 0.5) is 11.4 Å². The summed E-state index contributed by atoms with van der Waals surface area (Å²) >= 11 is 3.34. The number of hydrogen-bond acceptors (Lipinski definition) is 4. The van der Waals surface area contributed by atoms with Crippen LogP contribution in [0.25, 0.3) is 11.1 Å². The summed E-state index contributed by atoms with van der Waals surface area (Å²) in [5.74, 6) is -0.240. The van der Waals surface area contributed by atoms with E-state index < -0.39 is 4.92 Å². The lowest BCUT2D eigenvalue weighted by atomic mass is 9.96. The second-order valence-electron chi connectivity index (χ2n) is 5.33. The fraction of sp³-hybridized carbons (Fsp3) is 0.111. The number of carbonyl (C=O) groups is 1. The van der Waals surface area contributed by atoms with Crippen molar-refractivity contribution in [1.29, 1.82) is 5.26 Å². The predicted molar refractivity (Wildman–Crippen MR) is 98.1 cm³/mol. The molecule has 0 bridgehead atoms. The number of benzene rings is 2. The lowest BCUT2D eigenvalue weighted by Gasteiger charge is -2.15. The van der Waals surface area contributed by atoms with Gasteiger partial charge in [0, 0.05) is 29.6 Å². The first kappa shape index (κ1) is 16.9. The van der Waals surface area contributed by atoms with Gasteiger partial charge in [-0.25, -0.2) is 0 Å². The summed E-state index contributed by atoms with van der Waals surface area (Å²) in [6.45, 7) is 0.484. The fourth-order valence-corrected chi connectivity index (χ4v) is 3.20. The van der Waals surface area contributed by atoms with E-state index in [-0.39, 0.29) is 17.2 Å². The van der Waals surface area contributed by atoms with Gasteiger partial charge in [0.1, 0.15) is 6.07 Å². The van der Waals surface area contributed by atoms with Crippen LogP contribution in [-0.2, 0) is 4.79 Å². The van der Waals surface area contributed by atoms with Crippen molar-refractivity contribution in [3.8, 4) is 6.07 Å². The molecular weight excluding hydrogens is 386 g/mol. The second kappa shape index (κ2) is 6.87. The van der Waals surface area contributed by atoms with Gasteiger partial charge < -0.3 is 4.90 Å². The minimum absolute atomic E-state index is 0.0647. The molecule has 6 nitrogen and oxygen atoms in total. The first-order chi connectivity index (χ1) is 12.1. The van der Waals surface area contributed by atoms with Crippen molar-refractivity contribution in [3.63, 3.8) is 0 Å². The number of nitrogens with zero attached hydrogens (tertiary/aromatic N) is 3. The Kier molecular flexibility index (Phi) is 4.63. The number of hydrogen-bond donors (Lipinski definition) is 0. The van der Waals surface area contributed by atoms with Crippen molar-refractivity contribution >= 4 is 44.4 Å². The zero-order valence-corrected chi connectivity index (χ0v) is 14.6. The molecule has 3 rings (SSSR count). The third-order valence-electron chi connectivity index (χ3n) is 3.96. The van der Waals surface area contributed by atoms with Crippen LogP contribution in [0.15, 0.2) is 48.5 Å². The molecule has 0 fully saturated rings. The van der Waals surface area contributed by atoms with E-state index in [1.54, 1.807) is 11.0 Å². The van der Waals surface area contributed by atoms with E-state index in [1.807, 2.05) is 18.2 Å². The molecule has 0 radical (unpaired) electrons. The number of rotatable bonds is 4. The van der Waals surface area contributed by atoms with Gasteiger partial charge in [0.2, 0.25) is 0 Å². The number of fused-ring (bicyclic) bond motifs is 1. The van der Waals surface area contributed by atoms with E-state index in [2.05, 4.69) is 22.0 Å². The van der Waals surface area contributed by atoms with Crippen molar-refractivity contribution in [1.82, 2.24) is 0 Å². The molecule has 1 amide bonds. The van der Waals surface area contributed by atoms with Crippen LogP contribution in [0.5, 0.6) is 0 Å². The molecule has 0 saturated carbocycles. The molecule has 1 aliphatic rings. The number of carbonyl (C=O) groups excluding carboxylic acids is 1. The van der Waals surface area contributed by atoms with Crippen molar-refractivity contribution in [3.05, 3.63) is 69.8 Å². The highest BCUT2D eigenvalue weighted by Crippen LogP contribution is 2.40. The van der Waals surface area contributed by atoms with E-state index in [0.717, 1.165) is 5.69 Å². The second-order valence-corrected chi connectivity index (χ2v) is 6.12. The molecule has 2 aromatic rings. The van der Waals surface area contributed by atoms with Gasteiger partial charge in [0.25, 0.3) is 11.6 Å². The van der Waals surface area contributed by atoms with E-state index in [9.17, 15) is 20.2 Å². The number of allylic oxidation sites excluding steroid dienone is 1. The molecular formula is C18H12BrN3O3. The van der Waals surface area contributed by atoms with Gasteiger partial charge in [-0.1, -0.05) is 34.1 Å². The van der Waals surface area contributed by atoms with Crippen molar-refractivity contribution < 1.29 is 9.72 Å². The molecule has 0 aliphatic carbocycles. The summed E-state index contributed by atoms with van der Waals surface area (Å²) in [7, 11) is 0. The minimum Gasteiger partial charge on any atom is -0.307 e. The standard InChI is InChI=1S/C18H12BrN3O3/c19-9-10-21-16-4-2-1-3-14(16)17(18(21)23)15(11-20)12-5-7-13(8-6-12)22(24)25/h1-8H,9-10H2/b17-15+. The number of non-ortho nitro benzene ring substituents is 1. The smallest absolute Gasteiger partial charge is 0.269 e. The summed E-state index contributed by atoms with van der Waals surface area (Å²) in [5.41, 5.74) is 2.41. The SMILES string of the molecule is N#C/C(=C1\C(=O)N(CCBr)c2ccccc21)c1ccc([N+](=O)[O-])cc1. The Bertz CT molecular complexity index is 929. The Hall–Kier alpha value is -2.98. The third kappa shape index (κ3) is 2.92. The van der Waals surface area contributed by atoms with Crippen molar-refractivity contribution in [2.45, 2.75) is 0 Å². The number of nitro groups is 1. The highest BCUT2D eigenvalue weighted by atomic mass is 79.9. The molecule has 1 aliphatic heterocycles. The first-order valence-corrected chi connectivity index (χ1v) is 8.57. The summed E-state index contributed by atoms with van der Waals surface area (Å²) < 4.78 is 0. The zero-order chi connectivity index (χ0) is 18.0. The Morgan fingerprint density at radius 1 is 1.20 bits per heavy atom. The lowest BCUT2D eigenvalue weighted by molar-refractivity contribution is -0.384. The summed E-state index contributed by atoms with van der Waals surface area (Å²) in [6, 6.07) is 15.0. The number of nitriles is 1. The Morgan fingerprint density at radius 2 is 1.88 bits per heavy atom. The monoisotopic (exact) mass is 397 g/mol. The first-order valence-electron chi connectivity index (χ1n) is 7.45. The molecule has 1 heterocycles. The average Bonchev–Trinajstić information content (AvgIpc) is 2.90. The molecule has 0 aromatic heterocycles. The molecule has 0 spiro atoms. The van der Waals surface area contributed by atoms with Crippen molar-refractivity contribution in [2.75, 3.05) is 16.8 Å². The zero-order valence-electron chi connectivity index (χ0n) is 13.0. The molecule has 124 valence electrons. The van der Waals surface area contributed by atoms with Crippen LogP contribution in [0.2, 0.25) is 0 Å². The molecule has 0 N–H and O–H groups in total. The average molecular weight is 398 g/mol. The molecule has 0 unspecified atom stereocenters. The van der Waals surface area contributed by atoms with E-state index in [1.165, 1.54) is 24.3 Å². The summed E-state index contributed by atoms with van der Waals surface area (Å²) in [5, 5.41) is 21.1. The Morgan fingerprint density at radius 3 is 2.48 bits per heavy atom. The third-order valence-corrected chi connectivity index (χ3v) is 4.31. The Balaban J connectivity index is 2.18. The predicted octanol–water partition coefficient (Wildman–Crippen LogP) is 3.77. The number of alkyl halides is 1. The fourth-order valence-electron chi connectivity index (χ4n) is 2.84. The number of anilines is 1. The van der Waals surface area contributed by atoms with Crippen LogP contribution in [0, 0.1) is 21.4 Å². The number of nitro benzene ring substituents is 1. The van der Waals surface area contributed by atoms with Crippen LogP contribution < -0.4 is 4.90 Å². The minimum atomic E-state index is -0.503. The molecule has 2 aromatic carbocycles. The largest absolute Gasteiger partial charge is 0.307 e. The number of halogens is 1. The van der Waals surface area contributed by atoms with Gasteiger partial charge >= 0.3 is 0 Å². The van der Waals surface area contributed by atoms with Gasteiger partial charge in [-0.15, -0.1) is 0 Å². The van der Waals surface area contributed by atoms with E-state index >= 15 is 0 Å². The summed E-state index contributed by atoms with van der Waals surface area (Å²) in [4.78, 5) is 24.8. The normalized spacial score (nSPS) is 14.9. The maximum atomic E-state index is 12.9. The highest BCUT2D eigenvalue weighted by molar-refractivity contribution is 9.09. The van der Waals surface area contributed by atoms with E-state index in [0.29, 0.717) is 28.6 Å². The number of amides is 1. The quantitative estimate of drug-likeness (QED) is 0.258.